The highest BCUT2D eigenvalue weighted by Crippen LogP contribution is 2.25. The molecule has 0 heterocycles. The van der Waals surface area contributed by atoms with Crippen molar-refractivity contribution in [3.63, 3.8) is 0 Å². The Morgan fingerprint density at radius 3 is 2.65 bits per heavy atom. The van der Waals surface area contributed by atoms with Crippen LogP contribution in [-0.4, -0.2) is 16.0 Å². The molecule has 6 nitrogen and oxygen atoms in total. The topological polar surface area (TPSA) is 104 Å². The Morgan fingerprint density at radius 1 is 1.59 bits per heavy atom. The van der Waals surface area contributed by atoms with Gasteiger partial charge in [0.1, 0.15) is 11.6 Å². The molecule has 1 rings (SSSR count). The number of carboxylic acid groups (broad SMARTS) is 1. The van der Waals surface area contributed by atoms with Crippen LogP contribution in [0, 0.1) is 21.4 Å². The fraction of sp³-hybridized carbons (Fsp3) is 0.200. The van der Waals surface area contributed by atoms with Gasteiger partial charge in [-0.3, -0.25) is 14.9 Å². The molecular formula is C10H7ClN2O4. The van der Waals surface area contributed by atoms with Gasteiger partial charge in [0.05, 0.1) is 11.3 Å². The zero-order valence-electron chi connectivity index (χ0n) is 8.51. The van der Waals surface area contributed by atoms with E-state index in [4.69, 9.17) is 22.0 Å². The van der Waals surface area contributed by atoms with Crippen LogP contribution in [0.15, 0.2) is 12.1 Å². The molecule has 0 spiro atoms. The van der Waals surface area contributed by atoms with Crippen LogP contribution in [0.5, 0.6) is 0 Å². The molecule has 0 amide bonds. The van der Waals surface area contributed by atoms with Gasteiger partial charge in [-0.05, 0) is 11.1 Å². The van der Waals surface area contributed by atoms with E-state index in [1.165, 1.54) is 12.1 Å². The summed E-state index contributed by atoms with van der Waals surface area (Å²) in [6.45, 7) is 0. The van der Waals surface area contributed by atoms with Crippen molar-refractivity contribution >= 4 is 23.3 Å². The molecule has 0 saturated carbocycles. The van der Waals surface area contributed by atoms with Crippen LogP contribution in [-0.2, 0) is 17.1 Å². The van der Waals surface area contributed by atoms with Crippen molar-refractivity contribution in [2.75, 3.05) is 0 Å². The number of alkyl halides is 1. The Hall–Kier alpha value is -2.13. The molecule has 0 bridgehead atoms. The molecule has 0 aliphatic carbocycles. The molecule has 0 unspecified atom stereocenters. The third-order valence-electron chi connectivity index (χ3n) is 2.06. The van der Waals surface area contributed by atoms with Gasteiger partial charge in [-0.2, -0.15) is 5.26 Å². The van der Waals surface area contributed by atoms with Crippen molar-refractivity contribution in [1.82, 2.24) is 0 Å². The number of halogens is 1. The van der Waals surface area contributed by atoms with E-state index < -0.39 is 23.0 Å². The fourth-order valence-electron chi connectivity index (χ4n) is 1.40. The highest BCUT2D eigenvalue weighted by atomic mass is 35.5. The molecule has 1 aromatic rings. The first-order chi connectivity index (χ1) is 7.99. The summed E-state index contributed by atoms with van der Waals surface area (Å²) in [5.41, 5.74) is -0.133. The Labute approximate surface area is 101 Å². The number of hydrogen-bond donors (Lipinski definition) is 1. The largest absolute Gasteiger partial charge is 0.481 e. The molecule has 7 heteroatoms. The van der Waals surface area contributed by atoms with E-state index in [0.29, 0.717) is 5.56 Å². The Bertz CT molecular complexity index is 522. The standard InChI is InChI=1S/C10H7ClN2O4/c11-4-6-1-7(3-10(14)15)8(5-12)9(2-6)13(16)17/h1-2H,3-4H2,(H,14,15). The van der Waals surface area contributed by atoms with Crippen LogP contribution in [0.4, 0.5) is 5.69 Å². The van der Waals surface area contributed by atoms with Gasteiger partial charge in [0.15, 0.2) is 0 Å². The third kappa shape index (κ3) is 2.92. The highest BCUT2D eigenvalue weighted by molar-refractivity contribution is 6.17. The first kappa shape index (κ1) is 12.9. The monoisotopic (exact) mass is 254 g/mol. The average molecular weight is 255 g/mol. The summed E-state index contributed by atoms with van der Waals surface area (Å²) >= 11 is 5.55. The second kappa shape index (κ2) is 5.27. The van der Waals surface area contributed by atoms with E-state index in [-0.39, 0.29) is 17.0 Å². The Kier molecular flexibility index (Phi) is 4.01. The maximum atomic E-state index is 10.8. The first-order valence-corrected chi connectivity index (χ1v) is 5.01. The van der Waals surface area contributed by atoms with Crippen molar-refractivity contribution in [3.8, 4) is 6.07 Å². The van der Waals surface area contributed by atoms with E-state index in [2.05, 4.69) is 0 Å². The predicted molar refractivity (Wildman–Crippen MR) is 58.7 cm³/mol. The summed E-state index contributed by atoms with van der Waals surface area (Å²) in [6.07, 6.45) is -0.450. The maximum Gasteiger partial charge on any atom is 0.307 e. The molecule has 0 aromatic heterocycles. The zero-order chi connectivity index (χ0) is 13.0. The lowest BCUT2D eigenvalue weighted by molar-refractivity contribution is -0.385. The molecule has 17 heavy (non-hydrogen) atoms. The van der Waals surface area contributed by atoms with Gasteiger partial charge in [-0.25, -0.2) is 0 Å². The summed E-state index contributed by atoms with van der Waals surface area (Å²) < 4.78 is 0. The van der Waals surface area contributed by atoms with E-state index >= 15 is 0 Å². The summed E-state index contributed by atoms with van der Waals surface area (Å²) in [4.78, 5) is 20.6. The third-order valence-corrected chi connectivity index (χ3v) is 2.37. The average Bonchev–Trinajstić information content (AvgIpc) is 2.26. The second-order valence-electron chi connectivity index (χ2n) is 3.22. The summed E-state index contributed by atoms with van der Waals surface area (Å²) in [6, 6.07) is 4.23. The van der Waals surface area contributed by atoms with Gasteiger partial charge in [-0.15, -0.1) is 11.6 Å². The second-order valence-corrected chi connectivity index (χ2v) is 3.49. The Morgan fingerprint density at radius 2 is 2.24 bits per heavy atom. The predicted octanol–water partition coefficient (Wildman–Crippen LogP) is 1.83. The molecule has 0 aliphatic heterocycles. The SMILES string of the molecule is N#Cc1c(CC(=O)O)cc(CCl)cc1[N+](=O)[O-]. The molecule has 1 N–H and O–H groups in total. The number of nitro benzene ring substituents is 1. The van der Waals surface area contributed by atoms with Gasteiger partial charge in [0.2, 0.25) is 0 Å². The number of nitro groups is 1. The summed E-state index contributed by atoms with van der Waals surface area (Å²) in [5, 5.41) is 28.3. The van der Waals surface area contributed by atoms with Crippen molar-refractivity contribution in [3.05, 3.63) is 38.9 Å². The van der Waals surface area contributed by atoms with Crippen molar-refractivity contribution in [2.24, 2.45) is 0 Å². The quantitative estimate of drug-likeness (QED) is 0.501. The summed E-state index contributed by atoms with van der Waals surface area (Å²) in [5.74, 6) is -1.15. The lowest BCUT2D eigenvalue weighted by Gasteiger charge is -2.04. The number of benzene rings is 1. The molecular weight excluding hydrogens is 248 g/mol. The lowest BCUT2D eigenvalue weighted by Crippen LogP contribution is -2.05. The fourth-order valence-corrected chi connectivity index (χ4v) is 1.56. The van der Waals surface area contributed by atoms with E-state index in [0.717, 1.165) is 0 Å². The van der Waals surface area contributed by atoms with Crippen molar-refractivity contribution in [1.29, 1.82) is 5.26 Å². The minimum absolute atomic E-state index is 0.0131. The van der Waals surface area contributed by atoms with E-state index in [1.807, 2.05) is 0 Å². The van der Waals surface area contributed by atoms with Crippen LogP contribution in [0.3, 0.4) is 0 Å². The number of rotatable bonds is 4. The maximum absolute atomic E-state index is 10.8. The van der Waals surface area contributed by atoms with Crippen LogP contribution in [0.25, 0.3) is 0 Å². The van der Waals surface area contributed by atoms with E-state index in [9.17, 15) is 14.9 Å². The summed E-state index contributed by atoms with van der Waals surface area (Å²) in [7, 11) is 0. The molecule has 0 fully saturated rings. The molecule has 0 atom stereocenters. The number of nitriles is 1. The van der Waals surface area contributed by atoms with Crippen LogP contribution >= 0.6 is 11.6 Å². The van der Waals surface area contributed by atoms with Crippen LogP contribution in [0.1, 0.15) is 16.7 Å². The lowest BCUT2D eigenvalue weighted by atomic mass is 10.0. The molecule has 0 aliphatic rings. The number of nitrogens with zero attached hydrogens (tertiary/aromatic N) is 2. The normalized spacial score (nSPS) is 9.65. The molecule has 0 saturated heterocycles. The van der Waals surface area contributed by atoms with Gasteiger partial charge in [0, 0.05) is 11.9 Å². The molecule has 0 radical (unpaired) electrons. The minimum Gasteiger partial charge on any atom is -0.481 e. The zero-order valence-corrected chi connectivity index (χ0v) is 9.27. The number of hydrogen-bond acceptors (Lipinski definition) is 4. The molecule has 88 valence electrons. The smallest absolute Gasteiger partial charge is 0.307 e. The van der Waals surface area contributed by atoms with Gasteiger partial charge < -0.3 is 5.11 Å². The number of aliphatic carboxylic acids is 1. The van der Waals surface area contributed by atoms with Crippen LogP contribution < -0.4 is 0 Å². The van der Waals surface area contributed by atoms with E-state index in [1.54, 1.807) is 6.07 Å². The van der Waals surface area contributed by atoms with Crippen molar-refractivity contribution < 1.29 is 14.8 Å². The Balaban J connectivity index is 3.45. The minimum atomic E-state index is -1.16. The van der Waals surface area contributed by atoms with Crippen LogP contribution in [0.2, 0.25) is 0 Å². The number of carbonyl (C=O) groups is 1. The first-order valence-electron chi connectivity index (χ1n) is 4.47. The molecule has 1 aromatic carbocycles. The van der Waals surface area contributed by atoms with Gasteiger partial charge in [0.25, 0.3) is 5.69 Å². The van der Waals surface area contributed by atoms with Gasteiger partial charge >= 0.3 is 5.97 Å². The van der Waals surface area contributed by atoms with Crippen molar-refractivity contribution in [2.45, 2.75) is 12.3 Å². The highest BCUT2D eigenvalue weighted by Gasteiger charge is 2.20. The number of carboxylic acids is 1. The van der Waals surface area contributed by atoms with Gasteiger partial charge in [-0.1, -0.05) is 6.07 Å².